The number of ether oxygens (including phenoxy) is 1. The van der Waals surface area contributed by atoms with E-state index in [9.17, 15) is 14.7 Å². The Kier molecular flexibility index (Phi) is 4.59. The summed E-state index contributed by atoms with van der Waals surface area (Å²) in [6.07, 6.45) is -1.14. The maximum atomic E-state index is 12.8. The van der Waals surface area contributed by atoms with Crippen LogP contribution in [0, 0.1) is 0 Å². The molecule has 0 spiro atoms. The van der Waals surface area contributed by atoms with Crippen molar-refractivity contribution in [1.29, 1.82) is 0 Å². The Morgan fingerprint density at radius 3 is 1.42 bits per heavy atom. The lowest BCUT2D eigenvalue weighted by Crippen LogP contribution is -3.03. The van der Waals surface area contributed by atoms with Crippen LogP contribution in [0.25, 0.3) is 0 Å². The standard InChI is InChI=1S/C17H12Cl10O4/c1-2-31-7(29)4-3-6(28)5-8(30)9(18)11(20)13(22)10(8,19)14(23)12(9,21)15(11,24)17(26,27)16(13,14)25/h30H,2-5H2,1H3/t8?,9?,10?,11-,12+,13+,14-,15?,16?. The van der Waals surface area contributed by atoms with Crippen molar-refractivity contribution in [3.63, 3.8) is 0 Å². The molecule has 4 bridgehead atoms. The first-order chi connectivity index (χ1) is 13.8. The fourth-order valence-corrected chi connectivity index (χ4v) is 16.1. The van der Waals surface area contributed by atoms with E-state index in [0.717, 1.165) is 0 Å². The van der Waals surface area contributed by atoms with Gasteiger partial charge in [-0.2, -0.15) is 0 Å². The zero-order chi connectivity index (χ0) is 23.7. The second kappa shape index (κ2) is 5.77. The molecule has 31 heavy (non-hydrogen) atoms. The molecule has 6 fully saturated rings. The highest BCUT2D eigenvalue weighted by molar-refractivity contribution is 6.78. The molecule has 4 unspecified atom stereocenters. The minimum Gasteiger partial charge on any atom is -0.466 e. The Morgan fingerprint density at radius 1 is 0.677 bits per heavy atom. The summed E-state index contributed by atoms with van der Waals surface area (Å²) in [5, 5.41) is 11.9. The van der Waals surface area contributed by atoms with E-state index < -0.39 is 67.1 Å². The van der Waals surface area contributed by atoms with E-state index in [1.165, 1.54) is 0 Å². The molecule has 8 atom stereocenters. The Balaban J connectivity index is 1.63. The summed E-state index contributed by atoms with van der Waals surface area (Å²) < 4.78 is 2.73. The smallest absolute Gasteiger partial charge is 0.306 e. The predicted octanol–water partition coefficient (Wildman–Crippen LogP) is 5.08. The molecule has 0 aromatic rings. The third-order valence-electron chi connectivity index (χ3n) is 8.12. The van der Waals surface area contributed by atoms with E-state index in [4.69, 9.17) is 121 Å². The number of hydrogen-bond acceptors (Lipinski definition) is 4. The van der Waals surface area contributed by atoms with Gasteiger partial charge in [0.1, 0.15) is 50.4 Å². The fraction of sp³-hybridized carbons (Fsp3) is 0.882. The van der Waals surface area contributed by atoms with E-state index in [-0.39, 0.29) is 19.4 Å². The lowest BCUT2D eigenvalue weighted by molar-refractivity contribution is -0.145. The summed E-state index contributed by atoms with van der Waals surface area (Å²) in [6.45, 7) is 1.79. The number of carbonyl (C=O) groups excluding carboxylic acids is 2. The molecule has 0 saturated heterocycles. The molecule has 6 saturated carbocycles. The van der Waals surface area contributed by atoms with Crippen LogP contribution in [0.2, 0.25) is 0 Å². The first-order valence-electron chi connectivity index (χ1n) is 9.14. The van der Waals surface area contributed by atoms with Crippen LogP contribution in [0.3, 0.4) is 0 Å². The molecule has 6 aliphatic rings. The first-order valence-corrected chi connectivity index (χ1v) is 12.9. The number of Topliss-reactive ketones (excluding diaryl/α,β-unsaturated/α-hetero) is 1. The molecular formula is C17H12Cl10O4. The second-order valence-corrected chi connectivity index (χ2v) is 14.6. The molecule has 0 aromatic carbocycles. The third kappa shape index (κ3) is 1.45. The lowest BCUT2D eigenvalue weighted by atomic mass is 9.41. The summed E-state index contributed by atoms with van der Waals surface area (Å²) in [5.74, 6) is -1.15. The number of hydrogen-bond donors (Lipinski definition) is 1. The third-order valence-corrected chi connectivity index (χ3v) is 17.5. The fourth-order valence-electron chi connectivity index (χ4n) is 7.24. The van der Waals surface area contributed by atoms with Gasteiger partial charge in [-0.25, -0.2) is 0 Å². The highest BCUT2D eigenvalue weighted by Crippen LogP contribution is 3.12. The molecule has 0 heterocycles. The van der Waals surface area contributed by atoms with Gasteiger partial charge in [-0.3, -0.25) is 9.59 Å². The molecule has 14 heteroatoms. The largest absolute Gasteiger partial charge is 0.466 e. The minimum absolute atomic E-state index is 0.161. The van der Waals surface area contributed by atoms with Crippen LogP contribution in [-0.4, -0.2) is 72.4 Å². The van der Waals surface area contributed by atoms with E-state index in [1.807, 2.05) is 0 Å². The van der Waals surface area contributed by atoms with Crippen LogP contribution < -0.4 is 0 Å². The molecule has 1 N–H and O–H groups in total. The van der Waals surface area contributed by atoms with Crippen LogP contribution in [-0.2, 0) is 14.3 Å². The van der Waals surface area contributed by atoms with Crippen molar-refractivity contribution in [3.05, 3.63) is 0 Å². The topological polar surface area (TPSA) is 63.6 Å². The Morgan fingerprint density at radius 2 is 1.06 bits per heavy atom. The van der Waals surface area contributed by atoms with Crippen molar-refractivity contribution in [2.45, 2.75) is 75.1 Å². The quantitative estimate of drug-likeness (QED) is 0.327. The molecule has 0 radical (unpaired) electrons. The maximum absolute atomic E-state index is 12.8. The zero-order valence-electron chi connectivity index (χ0n) is 15.3. The summed E-state index contributed by atoms with van der Waals surface area (Å²) in [5.41, 5.74) is -2.36. The van der Waals surface area contributed by atoms with Crippen molar-refractivity contribution >= 4 is 128 Å². The Bertz CT molecular complexity index is 900. The predicted molar refractivity (Wildman–Crippen MR) is 124 cm³/mol. The first kappa shape index (κ1) is 24.7. The molecule has 0 aromatic heterocycles. The van der Waals surface area contributed by atoms with Crippen molar-refractivity contribution < 1.29 is 19.4 Å². The van der Waals surface area contributed by atoms with Gasteiger partial charge in [0.15, 0.2) is 4.33 Å². The number of esters is 1. The molecule has 0 amide bonds. The van der Waals surface area contributed by atoms with Gasteiger partial charge in [-0.05, 0) is 6.92 Å². The monoisotopic (exact) mass is 630 g/mol. The summed E-state index contributed by atoms with van der Waals surface area (Å²) in [7, 11) is 0. The van der Waals surface area contributed by atoms with Gasteiger partial charge >= 0.3 is 5.97 Å². The summed E-state index contributed by atoms with van der Waals surface area (Å²) in [4.78, 5) is 7.97. The maximum Gasteiger partial charge on any atom is 0.306 e. The highest BCUT2D eigenvalue weighted by atomic mass is 35.5. The van der Waals surface area contributed by atoms with Crippen molar-refractivity contribution in [1.82, 2.24) is 0 Å². The highest BCUT2D eigenvalue weighted by Gasteiger charge is 3.32. The SMILES string of the molecule is CCOC(=O)CCC(=O)CC1(O)C2(Cl)[C@]3(Cl)C4(Cl)C(Cl)(Cl)C5(Cl)[C@@](Cl)(C1(Cl)[C@@]53Cl)[C@]42Cl. The van der Waals surface area contributed by atoms with Gasteiger partial charge in [0.25, 0.3) is 0 Å². The van der Waals surface area contributed by atoms with Crippen LogP contribution >= 0.6 is 116 Å². The summed E-state index contributed by atoms with van der Waals surface area (Å²) >= 11 is 68.7. The van der Waals surface area contributed by atoms with Gasteiger partial charge in [0.2, 0.25) is 0 Å². The normalized spacial score (nSPS) is 63.1. The van der Waals surface area contributed by atoms with E-state index >= 15 is 0 Å². The number of rotatable bonds is 6. The zero-order valence-corrected chi connectivity index (χ0v) is 22.8. The van der Waals surface area contributed by atoms with Crippen LogP contribution in [0.1, 0.15) is 26.2 Å². The number of alkyl halides is 10. The second-order valence-electron chi connectivity index (χ2n) is 8.72. The van der Waals surface area contributed by atoms with Crippen LogP contribution in [0.4, 0.5) is 0 Å². The van der Waals surface area contributed by atoms with Gasteiger partial charge in [-0.15, -0.1) is 92.8 Å². The summed E-state index contributed by atoms with van der Waals surface area (Å²) in [6, 6.07) is 0. The molecule has 4 nitrogen and oxygen atoms in total. The average molecular weight is 635 g/mol. The molecular weight excluding hydrogens is 623 g/mol. The van der Waals surface area contributed by atoms with E-state index in [2.05, 4.69) is 0 Å². The average Bonchev–Trinajstić information content (AvgIpc) is 2.90. The number of ketones is 1. The number of halogens is 10. The van der Waals surface area contributed by atoms with Crippen molar-refractivity contribution in [2.24, 2.45) is 0 Å². The molecule has 0 aliphatic heterocycles. The Labute approximate surface area is 227 Å². The number of aliphatic hydroxyl groups is 1. The van der Waals surface area contributed by atoms with Crippen molar-refractivity contribution in [3.8, 4) is 0 Å². The Hall–Kier alpha value is 2.00. The van der Waals surface area contributed by atoms with E-state index in [1.54, 1.807) is 6.92 Å². The number of carbonyl (C=O) groups is 2. The molecule has 6 aliphatic carbocycles. The van der Waals surface area contributed by atoms with Crippen molar-refractivity contribution in [2.75, 3.05) is 6.61 Å². The van der Waals surface area contributed by atoms with Crippen LogP contribution in [0.15, 0.2) is 0 Å². The molecule has 6 rings (SSSR count). The van der Waals surface area contributed by atoms with Gasteiger partial charge in [0, 0.05) is 12.8 Å². The van der Waals surface area contributed by atoms with Gasteiger partial charge in [-0.1, -0.05) is 23.2 Å². The molecule has 174 valence electrons. The van der Waals surface area contributed by atoms with Gasteiger partial charge in [0.05, 0.1) is 13.0 Å². The van der Waals surface area contributed by atoms with Gasteiger partial charge < -0.3 is 9.84 Å². The lowest BCUT2D eigenvalue weighted by Gasteiger charge is -2.81. The van der Waals surface area contributed by atoms with Crippen LogP contribution in [0.5, 0.6) is 0 Å². The minimum atomic E-state index is -2.36. The van der Waals surface area contributed by atoms with E-state index in [0.29, 0.717) is 0 Å².